The molecule has 0 spiro atoms. The molecule has 0 atom stereocenters. The van der Waals surface area contributed by atoms with Gasteiger partial charge in [-0.1, -0.05) is 29.8 Å². The summed E-state index contributed by atoms with van der Waals surface area (Å²) in [5, 5.41) is 11.3. The van der Waals surface area contributed by atoms with Crippen molar-refractivity contribution in [3.8, 4) is 0 Å². The second-order valence-corrected chi connectivity index (χ2v) is 4.22. The van der Waals surface area contributed by atoms with Crippen LogP contribution in [0.5, 0.6) is 0 Å². The number of carbonyl (C=O) groups is 1. The molecule has 0 heterocycles. The lowest BCUT2D eigenvalue weighted by Crippen LogP contribution is -2.23. The van der Waals surface area contributed by atoms with E-state index in [0.717, 1.165) is 12.0 Å². The summed E-state index contributed by atoms with van der Waals surface area (Å²) in [6, 6.07) is 7.97. The average molecular weight is 263 g/mol. The molecule has 0 bridgehead atoms. The molecule has 4 nitrogen and oxygen atoms in total. The maximum absolute atomic E-state index is 11.5. The Kier molecular flexibility index (Phi) is 7.54. The number of hydrogen-bond donors (Lipinski definition) is 2. The minimum absolute atomic E-state index is 0.0334. The van der Waals surface area contributed by atoms with E-state index in [2.05, 4.69) is 5.32 Å². The molecule has 0 fully saturated rings. The largest absolute Gasteiger partial charge is 0.394 e. The predicted octanol–water partition coefficient (Wildman–Crippen LogP) is 1.52. The summed E-state index contributed by atoms with van der Waals surface area (Å²) in [5.41, 5.74) is 2.21. The highest BCUT2D eigenvalue weighted by molar-refractivity contribution is 5.91. The first-order valence-corrected chi connectivity index (χ1v) is 6.43. The van der Waals surface area contributed by atoms with Crippen molar-refractivity contribution in [2.45, 2.75) is 13.3 Å². The quantitative estimate of drug-likeness (QED) is 0.552. The Bertz CT molecular complexity index is 398. The lowest BCUT2D eigenvalue weighted by molar-refractivity contribution is -0.116. The van der Waals surface area contributed by atoms with E-state index in [1.54, 1.807) is 6.08 Å². The third-order valence-electron chi connectivity index (χ3n) is 2.50. The number of rotatable bonds is 8. The van der Waals surface area contributed by atoms with Gasteiger partial charge in [-0.3, -0.25) is 4.79 Å². The van der Waals surface area contributed by atoms with Crippen molar-refractivity contribution in [2.75, 3.05) is 26.4 Å². The number of nitrogens with one attached hydrogen (secondary N) is 1. The standard InChI is InChI=1S/C15H21NO3/c1-13-3-5-14(6-4-13)7-8-15(18)16-9-2-11-19-12-10-17/h3-8,17H,2,9-12H2,1H3,(H,16,18)/b8-7+. The van der Waals surface area contributed by atoms with E-state index in [-0.39, 0.29) is 12.5 Å². The molecule has 0 aliphatic heterocycles. The van der Waals surface area contributed by atoms with Crippen LogP contribution >= 0.6 is 0 Å². The van der Waals surface area contributed by atoms with Crippen molar-refractivity contribution >= 4 is 12.0 Å². The summed E-state index contributed by atoms with van der Waals surface area (Å²) in [5.74, 6) is -0.109. The monoisotopic (exact) mass is 263 g/mol. The lowest BCUT2D eigenvalue weighted by Gasteiger charge is -2.03. The summed E-state index contributed by atoms with van der Waals surface area (Å²) in [7, 11) is 0. The predicted molar refractivity (Wildman–Crippen MR) is 75.7 cm³/mol. The highest BCUT2D eigenvalue weighted by atomic mass is 16.5. The second kappa shape index (κ2) is 9.30. The smallest absolute Gasteiger partial charge is 0.244 e. The van der Waals surface area contributed by atoms with Crippen LogP contribution in [0.3, 0.4) is 0 Å². The number of ether oxygens (including phenoxy) is 1. The third-order valence-corrected chi connectivity index (χ3v) is 2.50. The maximum Gasteiger partial charge on any atom is 0.244 e. The number of amides is 1. The van der Waals surface area contributed by atoms with Crippen LogP contribution in [0, 0.1) is 6.92 Å². The molecule has 2 N–H and O–H groups in total. The van der Waals surface area contributed by atoms with Crippen LogP contribution in [0.25, 0.3) is 6.08 Å². The van der Waals surface area contributed by atoms with E-state index in [1.807, 2.05) is 31.2 Å². The molecule has 4 heteroatoms. The van der Waals surface area contributed by atoms with Gasteiger partial charge in [0.1, 0.15) is 0 Å². The van der Waals surface area contributed by atoms with Gasteiger partial charge in [0.25, 0.3) is 0 Å². The lowest BCUT2D eigenvalue weighted by atomic mass is 10.1. The second-order valence-electron chi connectivity index (χ2n) is 4.22. The molecule has 1 rings (SSSR count). The van der Waals surface area contributed by atoms with E-state index in [9.17, 15) is 4.79 Å². The molecule has 0 unspecified atom stereocenters. The van der Waals surface area contributed by atoms with Crippen LogP contribution < -0.4 is 5.32 Å². The van der Waals surface area contributed by atoms with Gasteiger partial charge in [0.2, 0.25) is 5.91 Å². The van der Waals surface area contributed by atoms with Crippen molar-refractivity contribution in [2.24, 2.45) is 0 Å². The van der Waals surface area contributed by atoms with Crippen molar-refractivity contribution < 1.29 is 14.6 Å². The molecule has 1 amide bonds. The number of hydrogen-bond acceptors (Lipinski definition) is 3. The first kappa shape index (κ1) is 15.4. The van der Waals surface area contributed by atoms with Crippen molar-refractivity contribution in [3.63, 3.8) is 0 Å². The van der Waals surface area contributed by atoms with Gasteiger partial charge in [-0.2, -0.15) is 0 Å². The normalized spacial score (nSPS) is 10.8. The highest BCUT2D eigenvalue weighted by Crippen LogP contribution is 2.04. The van der Waals surface area contributed by atoms with E-state index in [0.29, 0.717) is 19.8 Å². The van der Waals surface area contributed by atoms with Crippen LogP contribution in [0.1, 0.15) is 17.5 Å². The number of carbonyl (C=O) groups excluding carboxylic acids is 1. The van der Waals surface area contributed by atoms with Crippen molar-refractivity contribution in [1.29, 1.82) is 0 Å². The van der Waals surface area contributed by atoms with E-state index in [4.69, 9.17) is 9.84 Å². The fraction of sp³-hybridized carbons (Fsp3) is 0.400. The Morgan fingerprint density at radius 1 is 1.32 bits per heavy atom. The van der Waals surface area contributed by atoms with Gasteiger partial charge in [-0.05, 0) is 25.0 Å². The Hall–Kier alpha value is -1.65. The van der Waals surface area contributed by atoms with Crippen LogP contribution in [-0.4, -0.2) is 37.4 Å². The first-order valence-electron chi connectivity index (χ1n) is 6.43. The number of benzene rings is 1. The van der Waals surface area contributed by atoms with Crippen LogP contribution in [0.2, 0.25) is 0 Å². The fourth-order valence-corrected chi connectivity index (χ4v) is 1.46. The Labute approximate surface area is 114 Å². The topological polar surface area (TPSA) is 58.6 Å². The minimum Gasteiger partial charge on any atom is -0.394 e. The van der Waals surface area contributed by atoms with Crippen LogP contribution in [-0.2, 0) is 9.53 Å². The number of aliphatic hydroxyl groups is 1. The molecule has 104 valence electrons. The van der Waals surface area contributed by atoms with Crippen molar-refractivity contribution in [1.82, 2.24) is 5.32 Å². The average Bonchev–Trinajstić information content (AvgIpc) is 2.42. The van der Waals surface area contributed by atoms with E-state index in [1.165, 1.54) is 11.6 Å². The Morgan fingerprint density at radius 3 is 2.74 bits per heavy atom. The van der Waals surface area contributed by atoms with Gasteiger partial charge in [-0.15, -0.1) is 0 Å². The van der Waals surface area contributed by atoms with E-state index < -0.39 is 0 Å². The highest BCUT2D eigenvalue weighted by Gasteiger charge is 1.95. The number of aliphatic hydroxyl groups excluding tert-OH is 1. The zero-order valence-electron chi connectivity index (χ0n) is 11.3. The molecule has 0 radical (unpaired) electrons. The SMILES string of the molecule is Cc1ccc(/C=C/C(=O)NCCCOCCO)cc1. The molecule has 0 aromatic heterocycles. The molecule has 0 aliphatic carbocycles. The molecule has 1 aromatic carbocycles. The van der Waals surface area contributed by atoms with Crippen LogP contribution in [0.4, 0.5) is 0 Å². The molecular formula is C15H21NO3. The van der Waals surface area contributed by atoms with Crippen molar-refractivity contribution in [3.05, 3.63) is 41.5 Å². The third kappa shape index (κ3) is 7.39. The number of aryl methyl sites for hydroxylation is 1. The summed E-state index contributed by atoms with van der Waals surface area (Å²) in [6.07, 6.45) is 4.06. The van der Waals surface area contributed by atoms with Gasteiger partial charge < -0.3 is 15.2 Å². The van der Waals surface area contributed by atoms with Gasteiger partial charge in [0.05, 0.1) is 13.2 Å². The minimum atomic E-state index is -0.109. The van der Waals surface area contributed by atoms with Crippen LogP contribution in [0.15, 0.2) is 30.3 Å². The van der Waals surface area contributed by atoms with Gasteiger partial charge in [0, 0.05) is 19.2 Å². The molecular weight excluding hydrogens is 242 g/mol. The molecule has 19 heavy (non-hydrogen) atoms. The molecule has 0 aliphatic rings. The summed E-state index contributed by atoms with van der Waals surface area (Å²) < 4.78 is 5.09. The summed E-state index contributed by atoms with van der Waals surface area (Å²) in [6.45, 7) is 3.52. The Balaban J connectivity index is 2.18. The zero-order chi connectivity index (χ0) is 13.9. The fourth-order valence-electron chi connectivity index (χ4n) is 1.46. The summed E-state index contributed by atoms with van der Waals surface area (Å²) >= 11 is 0. The van der Waals surface area contributed by atoms with E-state index >= 15 is 0 Å². The molecule has 1 aromatic rings. The molecule has 0 saturated heterocycles. The zero-order valence-corrected chi connectivity index (χ0v) is 11.3. The van der Waals surface area contributed by atoms with Gasteiger partial charge >= 0.3 is 0 Å². The maximum atomic E-state index is 11.5. The van der Waals surface area contributed by atoms with Gasteiger partial charge in [0.15, 0.2) is 0 Å². The van der Waals surface area contributed by atoms with Gasteiger partial charge in [-0.25, -0.2) is 0 Å². The Morgan fingerprint density at radius 2 is 2.05 bits per heavy atom. The first-order chi connectivity index (χ1) is 9.22. The summed E-state index contributed by atoms with van der Waals surface area (Å²) in [4.78, 5) is 11.5. The molecule has 0 saturated carbocycles.